The van der Waals surface area contributed by atoms with Crippen molar-refractivity contribution in [1.82, 2.24) is 10.2 Å². The van der Waals surface area contributed by atoms with E-state index in [9.17, 15) is 18.0 Å². The summed E-state index contributed by atoms with van der Waals surface area (Å²) in [4.78, 5) is 15.3. The Labute approximate surface area is 190 Å². The van der Waals surface area contributed by atoms with Gasteiger partial charge in [-0.25, -0.2) is 0 Å². The van der Waals surface area contributed by atoms with E-state index in [1.54, 1.807) is 7.11 Å². The molecular weight excluding hydrogens is 441 g/mol. The van der Waals surface area contributed by atoms with Crippen LogP contribution in [0.1, 0.15) is 36.8 Å². The number of rotatable bonds is 4. The smallest absolute Gasteiger partial charge is 0.416 e. The SMILES string of the molecule is CO[C@@H]1COCC[C@@H]1NC1C[C@H]2OCC[C@@]2(C(=O)N2COc3ccc(C(F)(F)F)cc3C2)C1. The van der Waals surface area contributed by atoms with Gasteiger partial charge in [-0.3, -0.25) is 4.79 Å². The second-order valence-corrected chi connectivity index (χ2v) is 9.41. The van der Waals surface area contributed by atoms with Crippen LogP contribution in [0, 0.1) is 5.41 Å². The standard InChI is InChI=1S/C23H29F3N2O5/c1-30-19-12-31-6-4-17(19)27-16-9-20-22(10-16,5-7-32-20)21(29)28-11-14-8-15(23(24,25)26)2-3-18(14)33-13-28/h2-3,8,16-17,19-20,27H,4-7,9-13H2,1H3/t16?,17-,19+,20+,22+/m0/s1. The van der Waals surface area contributed by atoms with E-state index >= 15 is 0 Å². The minimum Gasteiger partial charge on any atom is -0.473 e. The molecule has 0 radical (unpaired) electrons. The first kappa shape index (κ1) is 22.9. The van der Waals surface area contributed by atoms with Gasteiger partial charge in [-0.05, 0) is 43.9 Å². The Morgan fingerprint density at radius 2 is 2.15 bits per heavy atom. The Morgan fingerprint density at radius 1 is 1.30 bits per heavy atom. The summed E-state index contributed by atoms with van der Waals surface area (Å²) in [6.45, 7) is 1.82. The van der Waals surface area contributed by atoms with Gasteiger partial charge in [0.05, 0.1) is 36.3 Å². The molecule has 10 heteroatoms. The Bertz CT molecular complexity index is 897. The van der Waals surface area contributed by atoms with Crippen molar-refractivity contribution in [3.05, 3.63) is 29.3 Å². The predicted octanol–water partition coefficient (Wildman–Crippen LogP) is 2.72. The number of nitrogens with zero attached hydrogens (tertiary/aromatic N) is 1. The van der Waals surface area contributed by atoms with E-state index in [-0.39, 0.29) is 43.5 Å². The number of benzene rings is 1. The first-order chi connectivity index (χ1) is 15.8. The second-order valence-electron chi connectivity index (χ2n) is 9.41. The molecule has 1 aromatic rings. The molecule has 5 rings (SSSR count). The Balaban J connectivity index is 1.31. The Kier molecular flexibility index (Phi) is 6.05. The maximum absolute atomic E-state index is 13.7. The lowest BCUT2D eigenvalue weighted by Crippen LogP contribution is -2.51. The van der Waals surface area contributed by atoms with Gasteiger partial charge in [0.2, 0.25) is 5.91 Å². The number of carbonyl (C=O) groups excluding carboxylic acids is 1. The molecule has 0 bridgehead atoms. The molecule has 5 atom stereocenters. The van der Waals surface area contributed by atoms with Crippen LogP contribution in [0.5, 0.6) is 5.75 Å². The average molecular weight is 470 g/mol. The van der Waals surface area contributed by atoms with Gasteiger partial charge in [0, 0.05) is 38.0 Å². The number of nitrogens with one attached hydrogen (secondary N) is 1. The summed E-state index contributed by atoms with van der Waals surface area (Å²) in [5.41, 5.74) is -1.06. The quantitative estimate of drug-likeness (QED) is 0.730. The molecule has 3 fully saturated rings. The summed E-state index contributed by atoms with van der Waals surface area (Å²) in [6, 6.07) is 3.65. The molecule has 0 aromatic heterocycles. The lowest BCUT2D eigenvalue weighted by atomic mass is 9.80. The fourth-order valence-electron chi connectivity index (χ4n) is 5.77. The van der Waals surface area contributed by atoms with Gasteiger partial charge in [-0.15, -0.1) is 0 Å². The number of alkyl halides is 3. The van der Waals surface area contributed by atoms with E-state index in [2.05, 4.69) is 5.32 Å². The molecule has 3 heterocycles. The highest BCUT2D eigenvalue weighted by Crippen LogP contribution is 2.49. The number of carbonyl (C=O) groups is 1. The molecule has 7 nitrogen and oxygen atoms in total. The van der Waals surface area contributed by atoms with Crippen LogP contribution in [0.4, 0.5) is 13.2 Å². The molecule has 1 unspecified atom stereocenters. The highest BCUT2D eigenvalue weighted by atomic mass is 19.4. The van der Waals surface area contributed by atoms with Gasteiger partial charge < -0.3 is 29.2 Å². The molecule has 1 N–H and O–H groups in total. The van der Waals surface area contributed by atoms with Crippen molar-refractivity contribution in [2.45, 2.75) is 62.7 Å². The third kappa shape index (κ3) is 4.22. The van der Waals surface area contributed by atoms with E-state index in [4.69, 9.17) is 18.9 Å². The molecule has 33 heavy (non-hydrogen) atoms. The van der Waals surface area contributed by atoms with Crippen molar-refractivity contribution in [2.24, 2.45) is 5.41 Å². The van der Waals surface area contributed by atoms with Crippen molar-refractivity contribution < 1.29 is 36.9 Å². The van der Waals surface area contributed by atoms with Crippen molar-refractivity contribution >= 4 is 5.91 Å². The topological polar surface area (TPSA) is 69.3 Å². The van der Waals surface area contributed by atoms with E-state index in [1.165, 1.54) is 11.0 Å². The van der Waals surface area contributed by atoms with Crippen LogP contribution >= 0.6 is 0 Å². The number of methoxy groups -OCH3 is 1. The van der Waals surface area contributed by atoms with Crippen molar-refractivity contribution in [3.63, 3.8) is 0 Å². The van der Waals surface area contributed by atoms with Crippen LogP contribution in [0.15, 0.2) is 18.2 Å². The maximum Gasteiger partial charge on any atom is 0.416 e. The molecule has 2 saturated heterocycles. The van der Waals surface area contributed by atoms with Crippen molar-refractivity contribution in [2.75, 3.05) is 33.7 Å². The zero-order chi connectivity index (χ0) is 23.2. The molecule has 1 saturated carbocycles. The normalized spacial score (nSPS) is 34.0. The van der Waals surface area contributed by atoms with Gasteiger partial charge in [0.15, 0.2) is 6.73 Å². The van der Waals surface area contributed by atoms with Crippen LogP contribution < -0.4 is 10.1 Å². The minimum absolute atomic E-state index is 0.0233. The minimum atomic E-state index is -4.45. The number of hydrogen-bond donors (Lipinski definition) is 1. The van der Waals surface area contributed by atoms with Crippen LogP contribution in [0.3, 0.4) is 0 Å². The van der Waals surface area contributed by atoms with E-state index in [0.29, 0.717) is 50.4 Å². The summed E-state index contributed by atoms with van der Waals surface area (Å²) < 4.78 is 62.2. The highest BCUT2D eigenvalue weighted by Gasteiger charge is 2.58. The van der Waals surface area contributed by atoms with Gasteiger partial charge in [0.25, 0.3) is 0 Å². The molecule has 3 aliphatic heterocycles. The summed E-state index contributed by atoms with van der Waals surface area (Å²) >= 11 is 0. The molecule has 0 spiro atoms. The fraction of sp³-hybridized carbons (Fsp3) is 0.696. The van der Waals surface area contributed by atoms with E-state index in [0.717, 1.165) is 18.6 Å². The molecule has 1 aromatic carbocycles. The summed E-state index contributed by atoms with van der Waals surface area (Å²) in [5.74, 6) is 0.285. The molecule has 1 aliphatic carbocycles. The number of amides is 1. The maximum atomic E-state index is 13.7. The number of ether oxygens (including phenoxy) is 4. The van der Waals surface area contributed by atoms with Gasteiger partial charge in [-0.1, -0.05) is 0 Å². The Morgan fingerprint density at radius 3 is 2.94 bits per heavy atom. The first-order valence-corrected chi connectivity index (χ1v) is 11.4. The zero-order valence-corrected chi connectivity index (χ0v) is 18.5. The summed E-state index contributed by atoms with van der Waals surface area (Å²) in [5, 5.41) is 3.66. The monoisotopic (exact) mass is 470 g/mol. The van der Waals surface area contributed by atoms with E-state index < -0.39 is 17.2 Å². The van der Waals surface area contributed by atoms with Crippen LogP contribution in [0.25, 0.3) is 0 Å². The van der Waals surface area contributed by atoms with Crippen LogP contribution in [0.2, 0.25) is 0 Å². The lowest BCUT2D eigenvalue weighted by Gasteiger charge is -2.37. The van der Waals surface area contributed by atoms with Crippen LogP contribution in [-0.2, 0) is 31.7 Å². The van der Waals surface area contributed by atoms with Crippen LogP contribution in [-0.4, -0.2) is 68.8 Å². The largest absolute Gasteiger partial charge is 0.473 e. The van der Waals surface area contributed by atoms with Gasteiger partial charge >= 0.3 is 6.18 Å². The van der Waals surface area contributed by atoms with Crippen molar-refractivity contribution in [3.8, 4) is 5.75 Å². The third-order valence-corrected chi connectivity index (χ3v) is 7.49. The lowest BCUT2D eigenvalue weighted by molar-refractivity contribution is -0.149. The average Bonchev–Trinajstić information content (AvgIpc) is 3.35. The second kappa shape index (κ2) is 8.72. The molecule has 182 valence electrons. The number of hydrogen-bond acceptors (Lipinski definition) is 6. The number of halogens is 3. The van der Waals surface area contributed by atoms with Crippen molar-refractivity contribution in [1.29, 1.82) is 0 Å². The highest BCUT2D eigenvalue weighted by molar-refractivity contribution is 5.84. The van der Waals surface area contributed by atoms with E-state index in [1.807, 2.05) is 0 Å². The van der Waals surface area contributed by atoms with Gasteiger partial charge in [-0.2, -0.15) is 13.2 Å². The number of fused-ring (bicyclic) bond motifs is 2. The fourth-order valence-corrected chi connectivity index (χ4v) is 5.77. The molecule has 1 amide bonds. The Hall–Kier alpha value is -1.88. The predicted molar refractivity (Wildman–Crippen MR) is 110 cm³/mol. The first-order valence-electron chi connectivity index (χ1n) is 11.4. The third-order valence-electron chi connectivity index (χ3n) is 7.49. The molecular formula is C23H29F3N2O5. The zero-order valence-electron chi connectivity index (χ0n) is 18.5. The van der Waals surface area contributed by atoms with Gasteiger partial charge in [0.1, 0.15) is 5.75 Å². The summed E-state index contributed by atoms with van der Waals surface area (Å²) in [7, 11) is 1.67. The summed E-state index contributed by atoms with van der Waals surface area (Å²) in [6.07, 6.45) is -1.94. The molecule has 4 aliphatic rings.